The van der Waals surface area contributed by atoms with Crippen molar-refractivity contribution in [1.29, 1.82) is 0 Å². The summed E-state index contributed by atoms with van der Waals surface area (Å²) in [6.07, 6.45) is 4.15. The first-order chi connectivity index (χ1) is 6.55. The highest BCUT2D eigenvalue weighted by Crippen LogP contribution is 2.18. The van der Waals surface area contributed by atoms with Crippen LogP contribution in [0.3, 0.4) is 0 Å². The molecule has 2 atom stereocenters. The predicted octanol–water partition coefficient (Wildman–Crippen LogP) is 0.395. The first kappa shape index (κ1) is 11.7. The SMILES string of the molecule is C=CCS(=O)(=O)N[C@H]1CCCC[C@@H]1O. The number of aliphatic hydroxyl groups excluding tert-OH is 1. The molecule has 1 fully saturated rings. The molecule has 0 radical (unpaired) electrons. The highest BCUT2D eigenvalue weighted by atomic mass is 32.2. The number of rotatable bonds is 4. The second-order valence-corrected chi connectivity index (χ2v) is 5.44. The Morgan fingerprint density at radius 3 is 2.64 bits per heavy atom. The molecule has 0 spiro atoms. The van der Waals surface area contributed by atoms with Crippen molar-refractivity contribution in [2.75, 3.05) is 5.75 Å². The van der Waals surface area contributed by atoms with Crippen molar-refractivity contribution in [3.05, 3.63) is 12.7 Å². The van der Waals surface area contributed by atoms with Crippen molar-refractivity contribution < 1.29 is 13.5 Å². The normalized spacial score (nSPS) is 28.6. The molecule has 1 aliphatic carbocycles. The van der Waals surface area contributed by atoms with Crippen LogP contribution in [-0.4, -0.2) is 31.4 Å². The third-order valence-corrected chi connectivity index (χ3v) is 3.73. The molecule has 1 rings (SSSR count). The molecule has 1 aliphatic rings. The van der Waals surface area contributed by atoms with Gasteiger partial charge in [-0.25, -0.2) is 13.1 Å². The van der Waals surface area contributed by atoms with Gasteiger partial charge in [-0.05, 0) is 12.8 Å². The number of hydrogen-bond donors (Lipinski definition) is 2. The quantitative estimate of drug-likeness (QED) is 0.672. The zero-order valence-corrected chi connectivity index (χ0v) is 8.96. The second-order valence-electron chi connectivity index (χ2n) is 3.65. The summed E-state index contributed by atoms with van der Waals surface area (Å²) in [7, 11) is -3.29. The predicted molar refractivity (Wildman–Crippen MR) is 55.4 cm³/mol. The minimum absolute atomic E-state index is 0.0871. The van der Waals surface area contributed by atoms with Crippen LogP contribution in [0.4, 0.5) is 0 Å². The summed E-state index contributed by atoms with van der Waals surface area (Å²) in [4.78, 5) is 0. The van der Waals surface area contributed by atoms with Crippen LogP contribution < -0.4 is 4.72 Å². The second kappa shape index (κ2) is 4.91. The van der Waals surface area contributed by atoms with E-state index in [4.69, 9.17) is 0 Å². The van der Waals surface area contributed by atoms with Gasteiger partial charge < -0.3 is 5.11 Å². The Hall–Kier alpha value is -0.390. The van der Waals surface area contributed by atoms with Crippen molar-refractivity contribution >= 4 is 10.0 Å². The third kappa shape index (κ3) is 3.40. The van der Waals surface area contributed by atoms with Crippen molar-refractivity contribution in [3.8, 4) is 0 Å². The molecule has 2 N–H and O–H groups in total. The molecule has 4 nitrogen and oxygen atoms in total. The van der Waals surface area contributed by atoms with E-state index < -0.39 is 16.1 Å². The molecule has 1 saturated carbocycles. The summed E-state index contributed by atoms with van der Waals surface area (Å²) in [6.45, 7) is 3.38. The molecule has 0 aromatic rings. The minimum atomic E-state index is -3.29. The van der Waals surface area contributed by atoms with Gasteiger partial charge in [0.2, 0.25) is 10.0 Å². The van der Waals surface area contributed by atoms with Crippen LogP contribution >= 0.6 is 0 Å². The topological polar surface area (TPSA) is 66.4 Å². The van der Waals surface area contributed by atoms with Crippen LogP contribution in [0.1, 0.15) is 25.7 Å². The molecule has 0 aliphatic heterocycles. The molecule has 14 heavy (non-hydrogen) atoms. The molecule has 0 aromatic heterocycles. The molecule has 0 saturated heterocycles. The van der Waals surface area contributed by atoms with Gasteiger partial charge in [0.15, 0.2) is 0 Å². The summed E-state index contributed by atoms with van der Waals surface area (Å²) < 4.78 is 25.2. The lowest BCUT2D eigenvalue weighted by Gasteiger charge is -2.27. The summed E-state index contributed by atoms with van der Waals surface area (Å²) in [6, 6.07) is -0.311. The van der Waals surface area contributed by atoms with Gasteiger partial charge in [0.05, 0.1) is 11.9 Å². The number of nitrogens with one attached hydrogen (secondary N) is 1. The molecule has 0 aromatic carbocycles. The molecule has 82 valence electrons. The van der Waals surface area contributed by atoms with E-state index in [-0.39, 0.29) is 11.8 Å². The first-order valence-electron chi connectivity index (χ1n) is 4.84. The van der Waals surface area contributed by atoms with Gasteiger partial charge >= 0.3 is 0 Å². The van der Waals surface area contributed by atoms with Crippen molar-refractivity contribution in [1.82, 2.24) is 4.72 Å². The Balaban J connectivity index is 2.53. The van der Waals surface area contributed by atoms with Crippen LogP contribution in [0, 0.1) is 0 Å². The van der Waals surface area contributed by atoms with E-state index in [1.807, 2.05) is 0 Å². The van der Waals surface area contributed by atoms with Crippen LogP contribution in [0.15, 0.2) is 12.7 Å². The largest absolute Gasteiger partial charge is 0.391 e. The van der Waals surface area contributed by atoms with E-state index >= 15 is 0 Å². The van der Waals surface area contributed by atoms with Crippen LogP contribution in [0.2, 0.25) is 0 Å². The highest BCUT2D eigenvalue weighted by molar-refractivity contribution is 7.89. The zero-order valence-electron chi connectivity index (χ0n) is 8.15. The lowest BCUT2D eigenvalue weighted by Crippen LogP contribution is -2.45. The van der Waals surface area contributed by atoms with Gasteiger partial charge in [-0.3, -0.25) is 0 Å². The molecule has 5 heteroatoms. The average molecular weight is 219 g/mol. The van der Waals surface area contributed by atoms with Gasteiger partial charge in [0, 0.05) is 6.04 Å². The van der Waals surface area contributed by atoms with Crippen LogP contribution in [0.5, 0.6) is 0 Å². The monoisotopic (exact) mass is 219 g/mol. The van der Waals surface area contributed by atoms with Gasteiger partial charge in [-0.2, -0.15) is 0 Å². The molecular weight excluding hydrogens is 202 g/mol. The molecular formula is C9H17NO3S. The van der Waals surface area contributed by atoms with Crippen molar-refractivity contribution in [2.45, 2.75) is 37.8 Å². The standard InChI is InChI=1S/C9H17NO3S/c1-2-7-14(12,13)10-8-5-3-4-6-9(8)11/h2,8-11H,1,3-7H2/t8-,9-/m0/s1. The molecule has 0 heterocycles. The fourth-order valence-corrected chi connectivity index (χ4v) is 2.83. The van der Waals surface area contributed by atoms with E-state index in [0.29, 0.717) is 6.42 Å². The van der Waals surface area contributed by atoms with Gasteiger partial charge in [-0.15, -0.1) is 6.58 Å². The maximum absolute atomic E-state index is 11.4. The number of aliphatic hydroxyl groups is 1. The first-order valence-corrected chi connectivity index (χ1v) is 6.49. The lowest BCUT2D eigenvalue weighted by atomic mass is 9.93. The minimum Gasteiger partial charge on any atom is -0.391 e. The molecule has 0 amide bonds. The Labute approximate surface area is 85.1 Å². The Morgan fingerprint density at radius 1 is 1.43 bits per heavy atom. The summed E-state index contributed by atoms with van der Waals surface area (Å²) in [5, 5.41) is 9.55. The Morgan fingerprint density at radius 2 is 2.07 bits per heavy atom. The summed E-state index contributed by atoms with van der Waals surface area (Å²) in [5.74, 6) is -0.0871. The molecule has 0 unspecified atom stereocenters. The third-order valence-electron chi connectivity index (χ3n) is 2.40. The van der Waals surface area contributed by atoms with Crippen LogP contribution in [0.25, 0.3) is 0 Å². The summed E-state index contributed by atoms with van der Waals surface area (Å²) in [5.41, 5.74) is 0. The van der Waals surface area contributed by atoms with E-state index in [1.54, 1.807) is 0 Å². The maximum atomic E-state index is 11.4. The summed E-state index contributed by atoms with van der Waals surface area (Å²) >= 11 is 0. The molecule has 0 bridgehead atoms. The van der Waals surface area contributed by atoms with E-state index in [9.17, 15) is 13.5 Å². The van der Waals surface area contributed by atoms with Gasteiger partial charge in [0.1, 0.15) is 0 Å². The average Bonchev–Trinajstić information content (AvgIpc) is 2.08. The fraction of sp³-hybridized carbons (Fsp3) is 0.778. The Kier molecular flexibility index (Phi) is 4.10. The fourth-order valence-electron chi connectivity index (χ4n) is 1.68. The Bertz CT molecular complexity index is 286. The maximum Gasteiger partial charge on any atom is 0.215 e. The highest BCUT2D eigenvalue weighted by Gasteiger charge is 2.26. The number of sulfonamides is 1. The zero-order chi connectivity index (χ0) is 10.6. The number of hydrogen-bond acceptors (Lipinski definition) is 3. The van der Waals surface area contributed by atoms with Gasteiger partial charge in [0.25, 0.3) is 0 Å². The van der Waals surface area contributed by atoms with E-state index in [2.05, 4.69) is 11.3 Å². The smallest absolute Gasteiger partial charge is 0.215 e. The van der Waals surface area contributed by atoms with E-state index in [1.165, 1.54) is 6.08 Å². The lowest BCUT2D eigenvalue weighted by molar-refractivity contribution is 0.101. The van der Waals surface area contributed by atoms with Gasteiger partial charge in [-0.1, -0.05) is 18.9 Å². The van der Waals surface area contributed by atoms with Crippen molar-refractivity contribution in [3.63, 3.8) is 0 Å². The van der Waals surface area contributed by atoms with Crippen LogP contribution in [-0.2, 0) is 10.0 Å². The van der Waals surface area contributed by atoms with Crippen molar-refractivity contribution in [2.24, 2.45) is 0 Å². The van der Waals surface area contributed by atoms with E-state index in [0.717, 1.165) is 19.3 Å².